The van der Waals surface area contributed by atoms with Crippen LogP contribution in [0.1, 0.15) is 24.8 Å². The monoisotopic (exact) mass is 368 g/mol. The maximum atomic E-state index is 13.1. The number of hydrogen-bond donors (Lipinski definition) is 1. The highest BCUT2D eigenvalue weighted by Crippen LogP contribution is 2.34. The third kappa shape index (κ3) is 3.80. The van der Waals surface area contributed by atoms with Crippen LogP contribution in [0.5, 0.6) is 5.75 Å². The molecule has 0 aliphatic carbocycles. The third-order valence-corrected chi connectivity index (χ3v) is 6.87. The van der Waals surface area contributed by atoms with Crippen molar-refractivity contribution >= 4 is 16.0 Å². The van der Waals surface area contributed by atoms with E-state index < -0.39 is 16.0 Å². The number of piperidine rings is 1. The second kappa shape index (κ2) is 7.31. The molecule has 1 aromatic rings. The minimum Gasteiger partial charge on any atom is -0.492 e. The summed E-state index contributed by atoms with van der Waals surface area (Å²) in [6.45, 7) is 1.29. The molecule has 0 bridgehead atoms. The van der Waals surface area contributed by atoms with E-state index in [4.69, 9.17) is 9.84 Å². The molecule has 1 fully saturated rings. The molecule has 0 radical (unpaired) electrons. The van der Waals surface area contributed by atoms with Crippen LogP contribution in [0.2, 0.25) is 0 Å². The number of likely N-dealkylation sites (N-methyl/N-ethyl adjacent to an activating group) is 1. The molecule has 0 atom stereocenters. The van der Waals surface area contributed by atoms with Crippen LogP contribution < -0.4 is 4.74 Å². The molecular formula is C17H24N2O5S. The summed E-state index contributed by atoms with van der Waals surface area (Å²) in [5, 5.41) is 8.90. The fourth-order valence-electron chi connectivity index (χ4n) is 3.57. The maximum Gasteiger partial charge on any atom is 0.317 e. The molecule has 2 heterocycles. The van der Waals surface area contributed by atoms with Gasteiger partial charge in [0.15, 0.2) is 0 Å². The first kappa shape index (κ1) is 18.2. The average Bonchev–Trinajstić information content (AvgIpc) is 2.60. The molecule has 1 saturated heterocycles. The van der Waals surface area contributed by atoms with Crippen molar-refractivity contribution in [3.05, 3.63) is 23.8 Å². The molecule has 8 heteroatoms. The first-order chi connectivity index (χ1) is 11.9. The fourth-order valence-corrected chi connectivity index (χ4v) is 5.21. The molecule has 25 heavy (non-hydrogen) atoms. The standard InChI is InChI=1S/C17H24N2O5S/c1-18(12-16(20)21)14-7-9-19(10-8-14)25(22,23)15-6-2-4-13-5-3-11-24-17(13)15/h2,4,6,14H,3,5,7-12H2,1H3,(H,20,21). The van der Waals surface area contributed by atoms with E-state index in [0.717, 1.165) is 18.4 Å². The van der Waals surface area contributed by atoms with Crippen molar-refractivity contribution in [1.82, 2.24) is 9.21 Å². The van der Waals surface area contributed by atoms with Gasteiger partial charge in [-0.25, -0.2) is 8.42 Å². The molecule has 2 aliphatic heterocycles. The van der Waals surface area contributed by atoms with Crippen LogP contribution in [-0.2, 0) is 21.2 Å². The van der Waals surface area contributed by atoms with Gasteiger partial charge in [0.2, 0.25) is 10.0 Å². The Kier molecular flexibility index (Phi) is 5.31. The van der Waals surface area contributed by atoms with E-state index in [1.165, 1.54) is 4.31 Å². The van der Waals surface area contributed by atoms with E-state index in [0.29, 0.717) is 38.3 Å². The van der Waals surface area contributed by atoms with E-state index in [1.807, 2.05) is 6.07 Å². The minimum absolute atomic E-state index is 0.0303. The Morgan fingerprint density at radius 2 is 2.08 bits per heavy atom. The van der Waals surface area contributed by atoms with Crippen LogP contribution in [0.15, 0.2) is 23.1 Å². The van der Waals surface area contributed by atoms with Crippen molar-refractivity contribution in [2.75, 3.05) is 33.3 Å². The number of fused-ring (bicyclic) bond motifs is 1. The summed E-state index contributed by atoms with van der Waals surface area (Å²) in [5.41, 5.74) is 0.948. The number of hydrogen-bond acceptors (Lipinski definition) is 5. The lowest BCUT2D eigenvalue weighted by molar-refractivity contribution is -0.138. The number of carbonyl (C=O) groups is 1. The van der Waals surface area contributed by atoms with E-state index in [2.05, 4.69) is 0 Å². The average molecular weight is 368 g/mol. The highest BCUT2D eigenvalue weighted by molar-refractivity contribution is 7.89. The quantitative estimate of drug-likeness (QED) is 0.840. The largest absolute Gasteiger partial charge is 0.492 e. The van der Waals surface area contributed by atoms with Gasteiger partial charge in [-0.05, 0) is 44.4 Å². The van der Waals surface area contributed by atoms with Gasteiger partial charge in [-0.1, -0.05) is 12.1 Å². The van der Waals surface area contributed by atoms with E-state index in [1.54, 1.807) is 24.1 Å². The summed E-state index contributed by atoms with van der Waals surface area (Å²) in [5.74, 6) is -0.371. The predicted octanol–water partition coefficient (Wildman–Crippen LogP) is 1.18. The second-order valence-corrected chi connectivity index (χ2v) is 8.55. The highest BCUT2D eigenvalue weighted by atomic mass is 32.2. The molecule has 1 N–H and O–H groups in total. The number of ether oxygens (including phenoxy) is 1. The van der Waals surface area contributed by atoms with Crippen molar-refractivity contribution in [2.24, 2.45) is 0 Å². The zero-order valence-electron chi connectivity index (χ0n) is 14.3. The number of para-hydroxylation sites is 1. The number of benzene rings is 1. The van der Waals surface area contributed by atoms with Gasteiger partial charge in [-0.2, -0.15) is 4.31 Å². The van der Waals surface area contributed by atoms with Crippen molar-refractivity contribution in [2.45, 2.75) is 36.6 Å². The van der Waals surface area contributed by atoms with Gasteiger partial charge in [-0.15, -0.1) is 0 Å². The van der Waals surface area contributed by atoms with Crippen molar-refractivity contribution in [3.63, 3.8) is 0 Å². The first-order valence-corrected chi connectivity index (χ1v) is 10.0. The third-order valence-electron chi connectivity index (χ3n) is 4.95. The minimum atomic E-state index is -3.60. The summed E-state index contributed by atoms with van der Waals surface area (Å²) in [7, 11) is -1.83. The Labute approximate surface area is 148 Å². The number of carboxylic acid groups (broad SMARTS) is 1. The number of aliphatic carboxylic acids is 1. The van der Waals surface area contributed by atoms with E-state index in [-0.39, 0.29) is 17.5 Å². The van der Waals surface area contributed by atoms with Gasteiger partial charge >= 0.3 is 5.97 Å². The van der Waals surface area contributed by atoms with Crippen LogP contribution in [0, 0.1) is 0 Å². The summed E-state index contributed by atoms with van der Waals surface area (Å²) >= 11 is 0. The zero-order valence-corrected chi connectivity index (χ0v) is 15.2. The Morgan fingerprint density at radius 1 is 1.36 bits per heavy atom. The van der Waals surface area contributed by atoms with Gasteiger partial charge in [-0.3, -0.25) is 9.69 Å². The molecule has 0 unspecified atom stereocenters. The van der Waals surface area contributed by atoms with E-state index in [9.17, 15) is 13.2 Å². The van der Waals surface area contributed by atoms with Crippen LogP contribution in [0.25, 0.3) is 0 Å². The van der Waals surface area contributed by atoms with Crippen LogP contribution in [-0.4, -0.2) is 68.0 Å². The predicted molar refractivity (Wildman–Crippen MR) is 92.3 cm³/mol. The van der Waals surface area contributed by atoms with Gasteiger partial charge in [0.05, 0.1) is 13.2 Å². The lowest BCUT2D eigenvalue weighted by atomic mass is 10.1. The number of sulfonamides is 1. The molecule has 0 amide bonds. The van der Waals surface area contributed by atoms with Gasteiger partial charge in [0.25, 0.3) is 0 Å². The fraction of sp³-hybridized carbons (Fsp3) is 0.588. The van der Waals surface area contributed by atoms with Crippen LogP contribution in [0.3, 0.4) is 0 Å². The Morgan fingerprint density at radius 3 is 2.76 bits per heavy atom. The Hall–Kier alpha value is -1.64. The topological polar surface area (TPSA) is 87.2 Å². The summed E-state index contributed by atoms with van der Waals surface area (Å²) in [6.07, 6.45) is 2.98. The maximum absolute atomic E-state index is 13.1. The summed E-state index contributed by atoms with van der Waals surface area (Å²) in [6, 6.07) is 5.39. The molecule has 1 aromatic carbocycles. The summed E-state index contributed by atoms with van der Waals surface area (Å²) < 4.78 is 33.3. The van der Waals surface area contributed by atoms with Gasteiger partial charge < -0.3 is 9.84 Å². The Bertz CT molecular complexity index is 741. The zero-order chi connectivity index (χ0) is 18.0. The molecule has 138 valence electrons. The van der Waals surface area contributed by atoms with Crippen LogP contribution in [0.4, 0.5) is 0 Å². The van der Waals surface area contributed by atoms with Gasteiger partial charge in [0.1, 0.15) is 10.6 Å². The van der Waals surface area contributed by atoms with Crippen molar-refractivity contribution < 1.29 is 23.1 Å². The Balaban J connectivity index is 1.74. The van der Waals surface area contributed by atoms with Crippen LogP contribution >= 0.6 is 0 Å². The number of aryl methyl sites for hydroxylation is 1. The first-order valence-electron chi connectivity index (χ1n) is 8.56. The lowest BCUT2D eigenvalue weighted by Gasteiger charge is -2.35. The summed E-state index contributed by atoms with van der Waals surface area (Å²) in [4.78, 5) is 12.9. The number of rotatable bonds is 5. The second-order valence-electron chi connectivity index (χ2n) is 6.64. The highest BCUT2D eigenvalue weighted by Gasteiger charge is 2.34. The molecule has 7 nitrogen and oxygen atoms in total. The molecule has 3 rings (SSSR count). The van der Waals surface area contributed by atoms with E-state index >= 15 is 0 Å². The van der Waals surface area contributed by atoms with Crippen molar-refractivity contribution in [1.29, 1.82) is 0 Å². The molecule has 0 aromatic heterocycles. The molecule has 0 saturated carbocycles. The molecule has 2 aliphatic rings. The lowest BCUT2D eigenvalue weighted by Crippen LogP contribution is -2.46. The number of nitrogens with zero attached hydrogens (tertiary/aromatic N) is 2. The van der Waals surface area contributed by atoms with Gasteiger partial charge in [0, 0.05) is 19.1 Å². The normalized spacial score (nSPS) is 19.4. The van der Waals surface area contributed by atoms with Crippen molar-refractivity contribution in [3.8, 4) is 5.75 Å². The SMILES string of the molecule is CN(CC(=O)O)C1CCN(S(=O)(=O)c2cccc3c2OCCC3)CC1. The molecule has 0 spiro atoms. The number of carboxylic acids is 1. The smallest absolute Gasteiger partial charge is 0.317 e. The molecular weight excluding hydrogens is 344 g/mol.